The summed E-state index contributed by atoms with van der Waals surface area (Å²) in [6, 6.07) is 6.76. The number of carbonyl (C=O) groups excluding carboxylic acids is 1. The number of hydrogen-bond donors (Lipinski definition) is 0. The van der Waals surface area contributed by atoms with Gasteiger partial charge in [-0.15, -0.1) is 0 Å². The molecular weight excluding hydrogens is 434 g/mol. The molecule has 0 aromatic carbocycles. The van der Waals surface area contributed by atoms with Gasteiger partial charge in [0.05, 0.1) is 21.0 Å². The topological polar surface area (TPSA) is 92.5 Å². The van der Waals surface area contributed by atoms with Gasteiger partial charge in [-0.25, -0.2) is 0 Å². The van der Waals surface area contributed by atoms with Gasteiger partial charge >= 0.3 is 5.00 Å². The monoisotopic (exact) mass is 447 g/mol. The highest BCUT2D eigenvalue weighted by molar-refractivity contribution is 9.10. The largest absolute Gasteiger partial charge is 0.366 e. The molecule has 10 heteroatoms. The van der Waals surface area contributed by atoms with Gasteiger partial charge in [-0.3, -0.25) is 24.9 Å². The molecule has 1 saturated heterocycles. The Bertz CT molecular complexity index is 1030. The quantitative estimate of drug-likeness (QED) is 0.451. The van der Waals surface area contributed by atoms with E-state index in [1.165, 1.54) is 12.1 Å². The van der Waals surface area contributed by atoms with Crippen LogP contribution >= 0.6 is 27.3 Å². The molecule has 0 saturated carbocycles. The number of aromatic nitrogens is 2. The van der Waals surface area contributed by atoms with Crippen LogP contribution in [0.15, 0.2) is 41.1 Å². The number of anilines is 1. The van der Waals surface area contributed by atoms with E-state index < -0.39 is 4.92 Å². The number of hydrogen-bond acceptors (Lipinski definition) is 7. The van der Waals surface area contributed by atoms with E-state index in [1.54, 1.807) is 17.3 Å². The number of piperazine rings is 1. The van der Waals surface area contributed by atoms with E-state index in [0.717, 1.165) is 32.5 Å². The van der Waals surface area contributed by atoms with E-state index >= 15 is 0 Å². The number of thiophene rings is 1. The molecule has 1 amide bonds. The van der Waals surface area contributed by atoms with E-state index in [2.05, 4.69) is 30.8 Å². The van der Waals surface area contributed by atoms with Crippen LogP contribution in [0.4, 0.5) is 10.7 Å². The summed E-state index contributed by atoms with van der Waals surface area (Å²) >= 11 is 4.32. The van der Waals surface area contributed by atoms with Crippen LogP contribution in [0.5, 0.6) is 0 Å². The molecule has 4 rings (SSSR count). The molecule has 0 aliphatic carbocycles. The number of carbonyl (C=O) groups is 1. The number of halogens is 1. The number of amides is 1. The zero-order valence-electron chi connectivity index (χ0n) is 14.0. The molecule has 3 aromatic heterocycles. The Hall–Kier alpha value is -2.59. The first-order valence-electron chi connectivity index (χ1n) is 8.21. The number of fused-ring (bicyclic) bond motifs is 1. The van der Waals surface area contributed by atoms with Gasteiger partial charge in [0, 0.05) is 49.1 Å². The highest BCUT2D eigenvalue weighted by atomic mass is 79.9. The highest BCUT2D eigenvalue weighted by Crippen LogP contribution is 2.28. The molecule has 0 radical (unpaired) electrons. The summed E-state index contributed by atoms with van der Waals surface area (Å²) in [6.45, 7) is 2.42. The van der Waals surface area contributed by atoms with Crippen molar-refractivity contribution in [1.29, 1.82) is 0 Å². The first kappa shape index (κ1) is 17.8. The van der Waals surface area contributed by atoms with E-state index in [-0.39, 0.29) is 10.9 Å². The fourth-order valence-electron chi connectivity index (χ4n) is 3.09. The van der Waals surface area contributed by atoms with Gasteiger partial charge < -0.3 is 9.80 Å². The summed E-state index contributed by atoms with van der Waals surface area (Å²) in [6.07, 6.45) is 3.51. The smallest absolute Gasteiger partial charge is 0.324 e. The lowest BCUT2D eigenvalue weighted by molar-refractivity contribution is -0.380. The number of nitro groups is 1. The van der Waals surface area contributed by atoms with Crippen molar-refractivity contribution >= 4 is 54.9 Å². The van der Waals surface area contributed by atoms with Gasteiger partial charge in [-0.2, -0.15) is 0 Å². The fourth-order valence-corrected chi connectivity index (χ4v) is 4.20. The minimum absolute atomic E-state index is 0.0162. The van der Waals surface area contributed by atoms with Crippen molar-refractivity contribution in [2.75, 3.05) is 31.1 Å². The zero-order chi connectivity index (χ0) is 19.0. The third-order valence-corrected chi connectivity index (χ3v) is 5.87. The second kappa shape index (κ2) is 7.20. The molecule has 138 valence electrons. The van der Waals surface area contributed by atoms with Crippen LogP contribution in [0.25, 0.3) is 11.0 Å². The molecule has 0 atom stereocenters. The number of nitrogens with zero attached hydrogens (tertiary/aromatic N) is 5. The van der Waals surface area contributed by atoms with Crippen LogP contribution in [0, 0.1) is 10.1 Å². The molecule has 4 heterocycles. The van der Waals surface area contributed by atoms with Gasteiger partial charge in [0.2, 0.25) is 0 Å². The van der Waals surface area contributed by atoms with Crippen LogP contribution in [-0.4, -0.2) is 51.9 Å². The van der Waals surface area contributed by atoms with Crippen LogP contribution < -0.4 is 4.90 Å². The molecule has 0 spiro atoms. The van der Waals surface area contributed by atoms with Crippen molar-refractivity contribution in [3.63, 3.8) is 0 Å². The van der Waals surface area contributed by atoms with Gasteiger partial charge in [-0.05, 0) is 34.1 Å². The Kier molecular flexibility index (Phi) is 4.75. The normalized spacial score (nSPS) is 14.6. The molecule has 1 aliphatic heterocycles. The van der Waals surface area contributed by atoms with E-state index in [1.807, 2.05) is 12.1 Å². The minimum Gasteiger partial charge on any atom is -0.366 e. The average molecular weight is 448 g/mol. The first-order chi connectivity index (χ1) is 13.0. The summed E-state index contributed by atoms with van der Waals surface area (Å²) in [5, 5.41) is 10.8. The Morgan fingerprint density at radius 2 is 1.96 bits per heavy atom. The third kappa shape index (κ3) is 3.50. The molecule has 0 unspecified atom stereocenters. The number of rotatable bonds is 3. The van der Waals surface area contributed by atoms with Crippen molar-refractivity contribution in [3.05, 3.63) is 56.1 Å². The van der Waals surface area contributed by atoms with Gasteiger partial charge in [0.25, 0.3) is 5.91 Å². The predicted molar refractivity (Wildman–Crippen MR) is 106 cm³/mol. The summed E-state index contributed by atoms with van der Waals surface area (Å²) < 4.78 is 0.875. The van der Waals surface area contributed by atoms with Crippen molar-refractivity contribution in [2.45, 2.75) is 0 Å². The molecule has 0 N–H and O–H groups in total. The van der Waals surface area contributed by atoms with Crippen LogP contribution in [0.1, 0.15) is 9.67 Å². The van der Waals surface area contributed by atoms with E-state index in [0.29, 0.717) is 31.1 Å². The molecule has 27 heavy (non-hydrogen) atoms. The average Bonchev–Trinajstić information content (AvgIpc) is 3.17. The van der Waals surface area contributed by atoms with Crippen LogP contribution in [0.3, 0.4) is 0 Å². The van der Waals surface area contributed by atoms with Crippen LogP contribution in [-0.2, 0) is 0 Å². The maximum absolute atomic E-state index is 12.6. The summed E-state index contributed by atoms with van der Waals surface area (Å²) in [7, 11) is 0. The minimum atomic E-state index is -0.473. The van der Waals surface area contributed by atoms with E-state index in [4.69, 9.17) is 0 Å². The predicted octanol–water partition coefficient (Wildman–Crippen LogP) is 3.32. The maximum Gasteiger partial charge on any atom is 0.324 e. The lowest BCUT2D eigenvalue weighted by atomic mass is 10.2. The standard InChI is InChI=1S/C17H14BrN5O3S/c18-11-9-12-16(20-10-11)13(3-4-19-12)21-5-7-22(8-6-21)17(24)14-1-2-15(27-14)23(25)26/h1-4,9-10H,5-8H2. The zero-order valence-corrected chi connectivity index (χ0v) is 16.4. The van der Waals surface area contributed by atoms with Gasteiger partial charge in [0.15, 0.2) is 0 Å². The molecule has 0 bridgehead atoms. The molecule has 8 nitrogen and oxygen atoms in total. The summed E-state index contributed by atoms with van der Waals surface area (Å²) in [4.78, 5) is 36.1. The van der Waals surface area contributed by atoms with Crippen molar-refractivity contribution in [3.8, 4) is 0 Å². The van der Waals surface area contributed by atoms with Crippen molar-refractivity contribution in [1.82, 2.24) is 14.9 Å². The Morgan fingerprint density at radius 3 is 2.67 bits per heavy atom. The molecule has 1 fully saturated rings. The highest BCUT2D eigenvalue weighted by Gasteiger charge is 2.25. The Morgan fingerprint density at radius 1 is 1.19 bits per heavy atom. The lowest BCUT2D eigenvalue weighted by Gasteiger charge is -2.36. The van der Waals surface area contributed by atoms with Crippen LogP contribution in [0.2, 0.25) is 0 Å². The third-order valence-electron chi connectivity index (χ3n) is 4.41. The number of pyridine rings is 2. The van der Waals surface area contributed by atoms with Crippen molar-refractivity contribution < 1.29 is 9.72 Å². The second-order valence-corrected chi connectivity index (χ2v) is 8.00. The Balaban J connectivity index is 1.49. The second-order valence-electron chi connectivity index (χ2n) is 6.03. The SMILES string of the molecule is O=C(c1ccc([N+](=O)[O-])s1)N1CCN(c2ccnc3cc(Br)cnc23)CC1. The summed E-state index contributed by atoms with van der Waals surface area (Å²) in [5.74, 6) is -0.158. The van der Waals surface area contributed by atoms with Gasteiger partial charge in [0.1, 0.15) is 5.52 Å². The van der Waals surface area contributed by atoms with E-state index in [9.17, 15) is 14.9 Å². The van der Waals surface area contributed by atoms with Crippen molar-refractivity contribution in [2.24, 2.45) is 0 Å². The molecule has 3 aromatic rings. The van der Waals surface area contributed by atoms with Gasteiger partial charge in [-0.1, -0.05) is 11.3 Å². The lowest BCUT2D eigenvalue weighted by Crippen LogP contribution is -2.48. The maximum atomic E-state index is 12.6. The molecule has 1 aliphatic rings. The molecular formula is C17H14BrN5O3S. The fraction of sp³-hybridized carbons (Fsp3) is 0.235. The summed E-state index contributed by atoms with van der Waals surface area (Å²) in [5.41, 5.74) is 2.63. The first-order valence-corrected chi connectivity index (χ1v) is 9.82. The Labute approximate surface area is 166 Å².